The number of benzene rings is 3. The summed E-state index contributed by atoms with van der Waals surface area (Å²) in [6.07, 6.45) is 0. The van der Waals surface area contributed by atoms with Crippen molar-refractivity contribution < 1.29 is 14.3 Å². The summed E-state index contributed by atoms with van der Waals surface area (Å²) < 4.78 is 12.4. The maximum atomic E-state index is 11.8. The van der Waals surface area contributed by atoms with E-state index in [2.05, 4.69) is 26.6 Å². The number of ether oxygens (including phenoxy) is 2. The molecule has 0 unspecified atom stereocenters. The van der Waals surface area contributed by atoms with Crippen molar-refractivity contribution >= 4 is 33.2 Å². The van der Waals surface area contributed by atoms with Crippen LogP contribution in [0.25, 0.3) is 0 Å². The van der Waals surface area contributed by atoms with Crippen molar-refractivity contribution in [2.24, 2.45) is 5.92 Å². The molecule has 0 aliphatic heterocycles. The van der Waals surface area contributed by atoms with Crippen LogP contribution in [-0.2, 0) is 17.9 Å². The number of hydrogen-bond donors (Lipinski definition) is 2. The fraction of sp³-hybridized carbons (Fsp3) is 0.240. The summed E-state index contributed by atoms with van der Waals surface area (Å²) in [6, 6.07) is 21.7. The molecule has 0 aromatic heterocycles. The zero-order chi connectivity index (χ0) is 22.2. The molecule has 0 fully saturated rings. The highest BCUT2D eigenvalue weighted by atomic mass is 79.9. The van der Waals surface area contributed by atoms with E-state index in [0.29, 0.717) is 24.7 Å². The molecule has 0 atom stereocenters. The lowest BCUT2D eigenvalue weighted by Crippen LogP contribution is -2.17. The van der Waals surface area contributed by atoms with Gasteiger partial charge in [-0.15, -0.1) is 0 Å². The van der Waals surface area contributed by atoms with Crippen LogP contribution in [0, 0.1) is 5.92 Å². The van der Waals surface area contributed by atoms with Crippen LogP contribution in [0.1, 0.15) is 25.0 Å². The number of rotatable bonds is 9. The molecule has 0 saturated carbocycles. The molecule has 0 bridgehead atoms. The largest absolute Gasteiger partial charge is 0.493 e. The third kappa shape index (κ3) is 6.49. The van der Waals surface area contributed by atoms with Crippen molar-refractivity contribution in [3.8, 4) is 11.5 Å². The van der Waals surface area contributed by atoms with E-state index in [9.17, 15) is 4.79 Å². The second kappa shape index (κ2) is 10.9. The predicted octanol–water partition coefficient (Wildman–Crippen LogP) is 6.24. The Morgan fingerprint density at radius 2 is 1.65 bits per heavy atom. The van der Waals surface area contributed by atoms with Gasteiger partial charge in [0, 0.05) is 23.8 Å². The number of anilines is 2. The number of carbonyl (C=O) groups excluding carboxylic acids is 1. The lowest BCUT2D eigenvalue weighted by atomic mass is 10.2. The molecule has 0 aliphatic rings. The molecule has 5 nitrogen and oxygen atoms in total. The van der Waals surface area contributed by atoms with Crippen LogP contribution in [-0.4, -0.2) is 13.0 Å². The Morgan fingerprint density at radius 3 is 2.29 bits per heavy atom. The average molecular weight is 483 g/mol. The molecule has 162 valence electrons. The summed E-state index contributed by atoms with van der Waals surface area (Å²) in [5.41, 5.74) is 3.89. The highest BCUT2D eigenvalue weighted by Crippen LogP contribution is 2.37. The van der Waals surface area contributed by atoms with E-state index in [0.717, 1.165) is 27.0 Å². The molecule has 3 aromatic carbocycles. The number of amides is 1. The second-order valence-corrected chi connectivity index (χ2v) is 8.31. The lowest BCUT2D eigenvalue weighted by Gasteiger charge is -2.15. The van der Waals surface area contributed by atoms with Crippen LogP contribution in [0.4, 0.5) is 11.4 Å². The van der Waals surface area contributed by atoms with Crippen molar-refractivity contribution in [1.82, 2.24) is 0 Å². The number of halogens is 1. The van der Waals surface area contributed by atoms with Gasteiger partial charge in [-0.2, -0.15) is 0 Å². The van der Waals surface area contributed by atoms with Gasteiger partial charge in [0.05, 0.1) is 11.6 Å². The Labute approximate surface area is 191 Å². The Balaban J connectivity index is 1.63. The third-order valence-corrected chi connectivity index (χ3v) is 5.28. The van der Waals surface area contributed by atoms with Gasteiger partial charge in [-0.3, -0.25) is 4.79 Å². The molecule has 0 spiro atoms. The van der Waals surface area contributed by atoms with E-state index in [1.54, 1.807) is 7.11 Å². The van der Waals surface area contributed by atoms with Gasteiger partial charge < -0.3 is 20.1 Å². The minimum absolute atomic E-state index is 0.00669. The number of nitrogens with one attached hydrogen (secondary N) is 2. The first kappa shape index (κ1) is 22.7. The highest BCUT2D eigenvalue weighted by molar-refractivity contribution is 9.10. The van der Waals surface area contributed by atoms with Crippen LogP contribution in [0.3, 0.4) is 0 Å². The average Bonchev–Trinajstić information content (AvgIpc) is 2.78. The summed E-state index contributed by atoms with van der Waals surface area (Å²) >= 11 is 3.61. The van der Waals surface area contributed by atoms with Crippen molar-refractivity contribution in [3.63, 3.8) is 0 Å². The smallest absolute Gasteiger partial charge is 0.226 e. The van der Waals surface area contributed by atoms with E-state index >= 15 is 0 Å². The second-order valence-electron chi connectivity index (χ2n) is 7.46. The van der Waals surface area contributed by atoms with Gasteiger partial charge in [-0.05, 0) is 63.5 Å². The van der Waals surface area contributed by atoms with Gasteiger partial charge in [-0.25, -0.2) is 0 Å². The summed E-state index contributed by atoms with van der Waals surface area (Å²) in [7, 11) is 1.64. The van der Waals surface area contributed by atoms with Crippen LogP contribution in [0.2, 0.25) is 0 Å². The minimum Gasteiger partial charge on any atom is -0.493 e. The predicted molar refractivity (Wildman–Crippen MR) is 129 cm³/mol. The molecular weight excluding hydrogens is 456 g/mol. The van der Waals surface area contributed by atoms with Gasteiger partial charge in [0.1, 0.15) is 6.61 Å². The number of carbonyl (C=O) groups is 1. The molecule has 0 radical (unpaired) electrons. The van der Waals surface area contributed by atoms with Crippen molar-refractivity contribution in [2.45, 2.75) is 27.0 Å². The molecule has 0 saturated heterocycles. The standard InChI is InChI=1S/C25H27BrN2O3/c1-17(2)25(29)28-21-11-9-20(10-12-21)27-15-19-13-22(26)24(23(14-19)30-3)31-16-18-7-5-4-6-8-18/h4-14,17,27H,15-16H2,1-3H3,(H,28,29). The monoisotopic (exact) mass is 482 g/mol. The molecule has 31 heavy (non-hydrogen) atoms. The summed E-state index contributed by atoms with van der Waals surface area (Å²) in [5.74, 6) is 1.31. The SMILES string of the molecule is COc1cc(CNc2ccc(NC(=O)C(C)C)cc2)cc(Br)c1OCc1ccccc1. The normalized spacial score (nSPS) is 10.6. The van der Waals surface area contributed by atoms with E-state index < -0.39 is 0 Å². The zero-order valence-electron chi connectivity index (χ0n) is 17.9. The first-order valence-electron chi connectivity index (χ1n) is 10.1. The molecular formula is C25H27BrN2O3. The molecule has 0 aliphatic carbocycles. The molecule has 3 rings (SSSR count). The summed E-state index contributed by atoms with van der Waals surface area (Å²) in [4.78, 5) is 11.8. The zero-order valence-corrected chi connectivity index (χ0v) is 19.5. The maximum Gasteiger partial charge on any atom is 0.226 e. The van der Waals surface area contributed by atoms with Gasteiger partial charge >= 0.3 is 0 Å². The Hall–Kier alpha value is -2.99. The van der Waals surface area contributed by atoms with Crippen molar-refractivity contribution in [1.29, 1.82) is 0 Å². The van der Waals surface area contributed by atoms with E-state index in [1.165, 1.54) is 0 Å². The Bertz CT molecular complexity index is 1010. The summed E-state index contributed by atoms with van der Waals surface area (Å²) in [5, 5.41) is 6.28. The fourth-order valence-electron chi connectivity index (χ4n) is 2.91. The minimum atomic E-state index is -0.0501. The topological polar surface area (TPSA) is 59.6 Å². The molecule has 2 N–H and O–H groups in total. The first-order valence-corrected chi connectivity index (χ1v) is 10.9. The quantitative estimate of drug-likeness (QED) is 0.378. The highest BCUT2D eigenvalue weighted by Gasteiger charge is 2.12. The molecule has 6 heteroatoms. The number of methoxy groups -OCH3 is 1. The van der Waals surface area contributed by atoms with E-state index in [-0.39, 0.29) is 11.8 Å². The van der Waals surface area contributed by atoms with Crippen LogP contribution >= 0.6 is 15.9 Å². The third-order valence-electron chi connectivity index (χ3n) is 4.69. The van der Waals surface area contributed by atoms with Gasteiger partial charge in [-0.1, -0.05) is 44.2 Å². The van der Waals surface area contributed by atoms with Crippen molar-refractivity contribution in [2.75, 3.05) is 17.7 Å². The first-order chi connectivity index (χ1) is 15.0. The summed E-state index contributed by atoms with van der Waals surface area (Å²) in [6.45, 7) is 4.82. The Kier molecular flexibility index (Phi) is 7.95. The van der Waals surface area contributed by atoms with Gasteiger partial charge in [0.25, 0.3) is 0 Å². The molecule has 3 aromatic rings. The van der Waals surface area contributed by atoms with Crippen LogP contribution in [0.5, 0.6) is 11.5 Å². The van der Waals surface area contributed by atoms with Crippen LogP contribution in [0.15, 0.2) is 71.2 Å². The Morgan fingerprint density at radius 1 is 0.968 bits per heavy atom. The van der Waals surface area contributed by atoms with E-state index in [4.69, 9.17) is 9.47 Å². The number of hydrogen-bond acceptors (Lipinski definition) is 4. The molecule has 0 heterocycles. The van der Waals surface area contributed by atoms with Gasteiger partial charge in [0.2, 0.25) is 5.91 Å². The lowest BCUT2D eigenvalue weighted by molar-refractivity contribution is -0.118. The van der Waals surface area contributed by atoms with Crippen LogP contribution < -0.4 is 20.1 Å². The van der Waals surface area contributed by atoms with Crippen molar-refractivity contribution in [3.05, 3.63) is 82.3 Å². The van der Waals surface area contributed by atoms with E-state index in [1.807, 2.05) is 80.6 Å². The fourth-order valence-corrected chi connectivity index (χ4v) is 3.51. The molecule has 1 amide bonds. The maximum absolute atomic E-state index is 11.8. The van der Waals surface area contributed by atoms with Gasteiger partial charge in [0.15, 0.2) is 11.5 Å².